The summed E-state index contributed by atoms with van der Waals surface area (Å²) in [4.78, 5) is 38.1. The summed E-state index contributed by atoms with van der Waals surface area (Å²) in [5.74, 6) is -0.656. The quantitative estimate of drug-likeness (QED) is 0.321. The Morgan fingerprint density at radius 2 is 1.76 bits per heavy atom. The average Bonchev–Trinajstić information content (AvgIpc) is 3.29. The predicted molar refractivity (Wildman–Crippen MR) is 139 cm³/mol. The molecule has 38 heavy (non-hydrogen) atoms. The predicted octanol–water partition coefficient (Wildman–Crippen LogP) is 1.67. The van der Waals surface area contributed by atoms with Gasteiger partial charge in [0, 0.05) is 6.04 Å². The number of hydrogen-bond acceptors (Lipinski definition) is 8. The van der Waals surface area contributed by atoms with Crippen LogP contribution in [-0.4, -0.2) is 62.1 Å². The molecule has 0 saturated carbocycles. The Bertz CT molecular complexity index is 1250. The van der Waals surface area contributed by atoms with Gasteiger partial charge in [-0.05, 0) is 45.4 Å². The number of nitrogens with two attached hydrogens (primary N) is 2. The fourth-order valence-electron chi connectivity index (χ4n) is 3.61. The van der Waals surface area contributed by atoms with E-state index in [1.54, 1.807) is 50.3 Å². The van der Waals surface area contributed by atoms with Crippen LogP contribution in [0.3, 0.4) is 0 Å². The fraction of sp³-hybridized carbons (Fsp3) is 0.423. The third-order valence-electron chi connectivity index (χ3n) is 5.66. The molecular formula is C26H35N7O5. The van der Waals surface area contributed by atoms with Crippen molar-refractivity contribution >= 4 is 23.6 Å². The highest BCUT2D eigenvalue weighted by atomic mass is 16.6. The van der Waals surface area contributed by atoms with Crippen molar-refractivity contribution in [3.8, 4) is 0 Å². The molecule has 1 atom stereocenters. The number of nitrogens with zero attached hydrogens (tertiary/aromatic N) is 4. The van der Waals surface area contributed by atoms with Crippen molar-refractivity contribution in [3.63, 3.8) is 0 Å². The Balaban J connectivity index is 1.87. The number of primary amides is 1. The maximum Gasteiger partial charge on any atom is 0.410 e. The van der Waals surface area contributed by atoms with E-state index >= 15 is 0 Å². The number of rotatable bonds is 12. The molecular weight excluding hydrogens is 490 g/mol. The number of carbonyl (C=O) groups excluding carboxylic acids is 3. The zero-order valence-electron chi connectivity index (χ0n) is 22.1. The normalized spacial score (nSPS) is 12.4. The van der Waals surface area contributed by atoms with Gasteiger partial charge in [0.25, 0.3) is 0 Å². The number of hydrogen-bond donors (Lipinski definition) is 3. The van der Waals surface area contributed by atoms with Crippen LogP contribution in [-0.2, 0) is 32.3 Å². The average molecular weight is 526 g/mol. The van der Waals surface area contributed by atoms with Crippen LogP contribution in [0.15, 0.2) is 48.5 Å². The summed E-state index contributed by atoms with van der Waals surface area (Å²) < 4.78 is 13.1. The SMILES string of the molecule is CC(C)N(CC(N)=O)C(=O)OCc1cccc2nnc([C@@H](COCc3ccccc3)NC(=O)C(C)(C)N)n12. The minimum absolute atomic E-state index is 0.0887. The van der Waals surface area contributed by atoms with Crippen molar-refractivity contribution < 1.29 is 23.9 Å². The van der Waals surface area contributed by atoms with Crippen molar-refractivity contribution in [2.24, 2.45) is 11.5 Å². The number of ether oxygens (including phenoxy) is 2. The molecule has 3 amide bonds. The van der Waals surface area contributed by atoms with Gasteiger partial charge in [0.15, 0.2) is 11.5 Å². The first kappa shape index (κ1) is 28.5. The van der Waals surface area contributed by atoms with E-state index in [0.717, 1.165) is 5.56 Å². The molecule has 3 rings (SSSR count). The lowest BCUT2D eigenvalue weighted by Gasteiger charge is -2.25. The number of pyridine rings is 1. The number of benzene rings is 1. The standard InChI is InChI=1S/C26H35N7O5/c1-17(2)32(13-21(27)34)25(36)38-15-19-11-8-12-22-30-31-23(33(19)22)20(29-24(35)26(3,4)28)16-37-14-18-9-6-5-7-10-18/h5-12,17,20H,13-16,28H2,1-4H3,(H2,27,34)(H,29,35)/t20-/m1/s1. The lowest BCUT2D eigenvalue weighted by molar-refractivity contribution is -0.126. The van der Waals surface area contributed by atoms with Gasteiger partial charge in [0.05, 0.1) is 24.4 Å². The summed E-state index contributed by atoms with van der Waals surface area (Å²) >= 11 is 0. The first-order valence-electron chi connectivity index (χ1n) is 12.2. The van der Waals surface area contributed by atoms with Crippen molar-refractivity contribution in [1.29, 1.82) is 0 Å². The van der Waals surface area contributed by atoms with Crippen molar-refractivity contribution in [3.05, 3.63) is 65.6 Å². The molecule has 0 spiro atoms. The van der Waals surface area contributed by atoms with Crippen LogP contribution in [0.5, 0.6) is 0 Å². The van der Waals surface area contributed by atoms with Crippen LogP contribution in [0.1, 0.15) is 50.8 Å². The highest BCUT2D eigenvalue weighted by Crippen LogP contribution is 2.19. The molecule has 1 aromatic carbocycles. The van der Waals surface area contributed by atoms with E-state index in [4.69, 9.17) is 20.9 Å². The van der Waals surface area contributed by atoms with Crippen molar-refractivity contribution in [2.75, 3.05) is 13.2 Å². The summed E-state index contributed by atoms with van der Waals surface area (Å²) in [5.41, 5.74) is 12.2. The highest BCUT2D eigenvalue weighted by Gasteiger charge is 2.29. The maximum atomic E-state index is 12.8. The molecule has 5 N–H and O–H groups in total. The molecule has 0 radical (unpaired) electrons. The summed E-state index contributed by atoms with van der Waals surface area (Å²) in [5, 5.41) is 11.4. The first-order valence-corrected chi connectivity index (χ1v) is 12.2. The Morgan fingerprint density at radius 3 is 2.39 bits per heavy atom. The van der Waals surface area contributed by atoms with Crippen LogP contribution in [0.4, 0.5) is 4.79 Å². The molecule has 0 bridgehead atoms. The van der Waals surface area contributed by atoms with E-state index in [9.17, 15) is 14.4 Å². The van der Waals surface area contributed by atoms with Crippen LogP contribution in [0.25, 0.3) is 5.65 Å². The maximum absolute atomic E-state index is 12.8. The van der Waals surface area contributed by atoms with Crippen molar-refractivity contribution in [1.82, 2.24) is 24.8 Å². The summed E-state index contributed by atoms with van der Waals surface area (Å²) in [6.07, 6.45) is -0.689. The lowest BCUT2D eigenvalue weighted by Crippen LogP contribution is -2.51. The Morgan fingerprint density at radius 1 is 1.05 bits per heavy atom. The molecule has 0 saturated heterocycles. The zero-order valence-corrected chi connectivity index (χ0v) is 22.1. The molecule has 2 aromatic heterocycles. The van der Waals surface area contributed by atoms with Crippen LogP contribution >= 0.6 is 0 Å². The molecule has 0 aliphatic carbocycles. The van der Waals surface area contributed by atoms with E-state index in [-0.39, 0.29) is 25.8 Å². The third kappa shape index (κ3) is 7.49. The van der Waals surface area contributed by atoms with Gasteiger partial charge in [-0.15, -0.1) is 10.2 Å². The topological polar surface area (TPSA) is 167 Å². The van der Waals surface area contributed by atoms with Crippen LogP contribution in [0, 0.1) is 0 Å². The van der Waals surface area contributed by atoms with Crippen LogP contribution < -0.4 is 16.8 Å². The molecule has 0 aliphatic heterocycles. The van der Waals surface area contributed by atoms with Gasteiger partial charge in [-0.2, -0.15) is 0 Å². The summed E-state index contributed by atoms with van der Waals surface area (Å²) in [7, 11) is 0. The number of nitrogens with one attached hydrogen (secondary N) is 1. The smallest absolute Gasteiger partial charge is 0.410 e. The Hall–Kier alpha value is -4.03. The monoisotopic (exact) mass is 525 g/mol. The minimum atomic E-state index is -1.14. The van der Waals surface area contributed by atoms with E-state index in [2.05, 4.69) is 15.5 Å². The lowest BCUT2D eigenvalue weighted by atomic mass is 10.1. The van der Waals surface area contributed by atoms with Gasteiger partial charge in [0.1, 0.15) is 19.2 Å². The highest BCUT2D eigenvalue weighted by molar-refractivity contribution is 5.85. The number of amides is 3. The fourth-order valence-corrected chi connectivity index (χ4v) is 3.61. The number of fused-ring (bicyclic) bond motifs is 1. The molecule has 0 fully saturated rings. The molecule has 12 heteroatoms. The summed E-state index contributed by atoms with van der Waals surface area (Å²) in [6, 6.07) is 13.9. The van der Waals surface area contributed by atoms with Crippen LogP contribution in [0.2, 0.25) is 0 Å². The van der Waals surface area contributed by atoms with Gasteiger partial charge >= 0.3 is 6.09 Å². The van der Waals surface area contributed by atoms with E-state index < -0.39 is 29.5 Å². The number of aromatic nitrogens is 3. The van der Waals surface area contributed by atoms with Gasteiger partial charge in [-0.25, -0.2) is 4.79 Å². The van der Waals surface area contributed by atoms with Gasteiger partial charge in [-0.3, -0.25) is 18.9 Å². The second-order valence-electron chi connectivity index (χ2n) is 9.76. The second-order valence-corrected chi connectivity index (χ2v) is 9.76. The first-order chi connectivity index (χ1) is 18.0. The molecule has 204 valence electrons. The van der Waals surface area contributed by atoms with Gasteiger partial charge in [0.2, 0.25) is 11.8 Å². The van der Waals surface area contributed by atoms with Crippen molar-refractivity contribution in [2.45, 2.75) is 58.5 Å². The Labute approximate surface area is 221 Å². The minimum Gasteiger partial charge on any atom is -0.443 e. The largest absolute Gasteiger partial charge is 0.443 e. The van der Waals surface area contributed by atoms with Gasteiger partial charge < -0.3 is 26.3 Å². The van der Waals surface area contributed by atoms with Gasteiger partial charge in [-0.1, -0.05) is 36.4 Å². The number of carbonyl (C=O) groups is 3. The second kappa shape index (κ2) is 12.5. The van der Waals surface area contributed by atoms with E-state index in [1.807, 2.05) is 30.3 Å². The molecule has 0 aliphatic rings. The molecule has 0 unspecified atom stereocenters. The zero-order chi connectivity index (χ0) is 27.9. The third-order valence-corrected chi connectivity index (χ3v) is 5.66. The molecule has 2 heterocycles. The summed E-state index contributed by atoms with van der Waals surface area (Å²) in [6.45, 7) is 6.72. The molecule has 3 aromatic rings. The van der Waals surface area contributed by atoms with E-state index in [1.165, 1.54) is 4.90 Å². The molecule has 12 nitrogen and oxygen atoms in total. The van der Waals surface area contributed by atoms with E-state index in [0.29, 0.717) is 23.8 Å². The Kier molecular flexibility index (Phi) is 9.37.